The Morgan fingerprint density at radius 3 is 2.48 bits per heavy atom. The van der Waals surface area contributed by atoms with E-state index in [1.54, 1.807) is 24.3 Å². The summed E-state index contributed by atoms with van der Waals surface area (Å²) in [5.74, 6) is 1.24. The number of nitrogens with one attached hydrogen (secondary N) is 1. The van der Waals surface area contributed by atoms with Crippen LogP contribution in [0, 0.1) is 5.92 Å². The molecule has 6 heteroatoms. The van der Waals surface area contributed by atoms with Crippen LogP contribution in [0.5, 0.6) is 5.75 Å². The minimum Gasteiger partial charge on any atom is -0.492 e. The highest BCUT2D eigenvalue weighted by atomic mass is 35.5. The Balaban J connectivity index is 1.68. The van der Waals surface area contributed by atoms with Crippen LogP contribution in [0.1, 0.15) is 32.1 Å². The van der Waals surface area contributed by atoms with E-state index < -0.39 is 10.0 Å². The highest BCUT2D eigenvalue weighted by molar-refractivity contribution is 7.89. The highest BCUT2D eigenvalue weighted by Crippen LogP contribution is 2.24. The summed E-state index contributed by atoms with van der Waals surface area (Å²) >= 11 is 5.78. The van der Waals surface area contributed by atoms with Crippen molar-refractivity contribution in [2.45, 2.75) is 32.1 Å². The molecule has 0 unspecified atom stereocenters. The normalized spacial score (nSPS) is 16.8. The molecule has 0 radical (unpaired) electrons. The largest absolute Gasteiger partial charge is 0.492 e. The van der Waals surface area contributed by atoms with Crippen molar-refractivity contribution < 1.29 is 13.2 Å². The fraction of sp³-hybridized carbons (Fsp3) is 0.600. The lowest BCUT2D eigenvalue weighted by Crippen LogP contribution is -2.33. The van der Waals surface area contributed by atoms with E-state index in [1.807, 2.05) is 0 Å². The molecule has 0 aromatic heterocycles. The quantitative estimate of drug-likeness (QED) is 0.780. The summed E-state index contributed by atoms with van der Waals surface area (Å²) < 4.78 is 32.0. The maximum absolute atomic E-state index is 12.0. The standard InChI is InChI=1S/C15H22ClNO3S/c16-14-6-8-15(9-7-14)20-11-10-17-21(18,19)12-13-4-2-1-3-5-13/h6-9,13,17H,1-5,10-12H2. The number of rotatable bonds is 7. The van der Waals surface area contributed by atoms with Gasteiger partial charge in [0, 0.05) is 11.6 Å². The molecule has 0 saturated heterocycles. The number of sulfonamides is 1. The Labute approximate surface area is 131 Å². The second-order valence-corrected chi connectivity index (χ2v) is 7.77. The molecule has 118 valence electrons. The van der Waals surface area contributed by atoms with Crippen LogP contribution in [0.3, 0.4) is 0 Å². The average molecular weight is 332 g/mol. The number of hydrogen-bond acceptors (Lipinski definition) is 3. The molecule has 0 aliphatic heterocycles. The van der Waals surface area contributed by atoms with Crippen LogP contribution in [0.2, 0.25) is 5.02 Å². The molecule has 1 fully saturated rings. The van der Waals surface area contributed by atoms with Gasteiger partial charge in [0.2, 0.25) is 10.0 Å². The van der Waals surface area contributed by atoms with Crippen molar-refractivity contribution in [3.63, 3.8) is 0 Å². The second-order valence-electron chi connectivity index (χ2n) is 5.48. The van der Waals surface area contributed by atoms with Gasteiger partial charge in [0.05, 0.1) is 5.75 Å². The van der Waals surface area contributed by atoms with Crippen LogP contribution >= 0.6 is 11.6 Å². The number of benzene rings is 1. The Morgan fingerprint density at radius 1 is 1.14 bits per heavy atom. The van der Waals surface area contributed by atoms with Gasteiger partial charge in [-0.25, -0.2) is 13.1 Å². The smallest absolute Gasteiger partial charge is 0.211 e. The van der Waals surface area contributed by atoms with E-state index in [2.05, 4.69) is 4.72 Å². The van der Waals surface area contributed by atoms with Crippen molar-refractivity contribution >= 4 is 21.6 Å². The van der Waals surface area contributed by atoms with Gasteiger partial charge < -0.3 is 4.74 Å². The van der Waals surface area contributed by atoms with Crippen LogP contribution in [0.15, 0.2) is 24.3 Å². The van der Waals surface area contributed by atoms with Gasteiger partial charge in [0.15, 0.2) is 0 Å². The maximum Gasteiger partial charge on any atom is 0.211 e. The first-order chi connectivity index (χ1) is 10.1. The summed E-state index contributed by atoms with van der Waals surface area (Å²) in [5.41, 5.74) is 0. The van der Waals surface area contributed by atoms with Crippen LogP contribution in [-0.4, -0.2) is 27.3 Å². The zero-order valence-corrected chi connectivity index (χ0v) is 13.6. The molecule has 21 heavy (non-hydrogen) atoms. The Bertz CT molecular complexity index is 524. The van der Waals surface area contributed by atoms with Crippen molar-refractivity contribution in [3.05, 3.63) is 29.3 Å². The van der Waals surface area contributed by atoms with E-state index in [-0.39, 0.29) is 12.3 Å². The molecule has 1 aromatic rings. The average Bonchev–Trinajstić information content (AvgIpc) is 2.46. The van der Waals surface area contributed by atoms with Crippen molar-refractivity contribution in [3.8, 4) is 5.75 Å². The Hall–Kier alpha value is -0.780. The highest BCUT2D eigenvalue weighted by Gasteiger charge is 2.20. The number of halogens is 1. The lowest BCUT2D eigenvalue weighted by molar-refractivity contribution is 0.322. The monoisotopic (exact) mass is 331 g/mol. The zero-order chi connectivity index (χ0) is 15.1. The molecule has 1 aromatic carbocycles. The molecule has 2 rings (SSSR count). The molecule has 1 saturated carbocycles. The Morgan fingerprint density at radius 2 is 1.81 bits per heavy atom. The number of ether oxygens (including phenoxy) is 1. The maximum atomic E-state index is 12.0. The SMILES string of the molecule is O=S(=O)(CC1CCCCC1)NCCOc1ccc(Cl)cc1. The molecule has 1 aliphatic rings. The zero-order valence-electron chi connectivity index (χ0n) is 12.1. The topological polar surface area (TPSA) is 55.4 Å². The molecule has 1 aliphatic carbocycles. The molecule has 1 N–H and O–H groups in total. The van der Waals surface area contributed by atoms with Gasteiger partial charge in [-0.05, 0) is 43.0 Å². The molecule has 0 spiro atoms. The molecule has 0 amide bonds. The van der Waals surface area contributed by atoms with Crippen LogP contribution in [0.4, 0.5) is 0 Å². The fourth-order valence-corrected chi connectivity index (χ4v) is 4.21. The van der Waals surface area contributed by atoms with Gasteiger partial charge in [-0.1, -0.05) is 30.9 Å². The molecular formula is C15H22ClNO3S. The summed E-state index contributed by atoms with van der Waals surface area (Å²) in [6.07, 6.45) is 5.60. The third-order valence-electron chi connectivity index (χ3n) is 3.69. The van der Waals surface area contributed by atoms with Crippen molar-refractivity contribution in [1.29, 1.82) is 0 Å². The first-order valence-corrected chi connectivity index (χ1v) is 9.44. The van der Waals surface area contributed by atoms with E-state index in [9.17, 15) is 8.42 Å². The van der Waals surface area contributed by atoms with Crippen LogP contribution in [0.25, 0.3) is 0 Å². The van der Waals surface area contributed by atoms with Crippen molar-refractivity contribution in [2.75, 3.05) is 18.9 Å². The molecule has 0 bridgehead atoms. The summed E-state index contributed by atoms with van der Waals surface area (Å²) in [6, 6.07) is 7.01. The van der Waals surface area contributed by atoms with Gasteiger partial charge in [-0.3, -0.25) is 0 Å². The summed E-state index contributed by atoms with van der Waals surface area (Å²) in [5, 5.41) is 0.649. The van der Waals surface area contributed by atoms with Crippen molar-refractivity contribution in [2.24, 2.45) is 5.92 Å². The van der Waals surface area contributed by atoms with E-state index >= 15 is 0 Å². The molecule has 4 nitrogen and oxygen atoms in total. The summed E-state index contributed by atoms with van der Waals surface area (Å²) in [6.45, 7) is 0.600. The lowest BCUT2D eigenvalue weighted by atomic mass is 9.91. The van der Waals surface area contributed by atoms with Gasteiger partial charge in [-0.15, -0.1) is 0 Å². The van der Waals surface area contributed by atoms with Crippen molar-refractivity contribution in [1.82, 2.24) is 4.72 Å². The summed E-state index contributed by atoms with van der Waals surface area (Å²) in [7, 11) is -3.19. The van der Waals surface area contributed by atoms with Gasteiger partial charge in [0.25, 0.3) is 0 Å². The minimum absolute atomic E-state index is 0.244. The predicted octanol–water partition coefficient (Wildman–Crippen LogP) is 3.22. The van der Waals surface area contributed by atoms with E-state index in [0.29, 0.717) is 23.3 Å². The van der Waals surface area contributed by atoms with Crippen LogP contribution in [-0.2, 0) is 10.0 Å². The second kappa shape index (κ2) is 8.01. The first-order valence-electron chi connectivity index (χ1n) is 7.41. The minimum atomic E-state index is -3.19. The number of hydrogen-bond donors (Lipinski definition) is 1. The summed E-state index contributed by atoms with van der Waals surface area (Å²) in [4.78, 5) is 0. The third-order valence-corrected chi connectivity index (χ3v) is 5.49. The molecule has 0 heterocycles. The molecule has 0 atom stereocenters. The predicted molar refractivity (Wildman–Crippen MR) is 85.3 cm³/mol. The molecular weight excluding hydrogens is 310 g/mol. The van der Waals surface area contributed by atoms with E-state index in [0.717, 1.165) is 25.7 Å². The first kappa shape index (κ1) is 16.6. The van der Waals surface area contributed by atoms with Crippen LogP contribution < -0.4 is 9.46 Å². The lowest BCUT2D eigenvalue weighted by Gasteiger charge is -2.21. The fourth-order valence-electron chi connectivity index (χ4n) is 2.62. The van der Waals surface area contributed by atoms with Gasteiger partial charge in [-0.2, -0.15) is 0 Å². The van der Waals surface area contributed by atoms with E-state index in [4.69, 9.17) is 16.3 Å². The van der Waals surface area contributed by atoms with E-state index in [1.165, 1.54) is 6.42 Å². The van der Waals surface area contributed by atoms with Gasteiger partial charge >= 0.3 is 0 Å². The third kappa shape index (κ3) is 6.24. The Kier molecular flexibility index (Phi) is 6.33. The van der Waals surface area contributed by atoms with Gasteiger partial charge in [0.1, 0.15) is 12.4 Å².